The zero-order chi connectivity index (χ0) is 21.2. The molecule has 4 aromatic rings. The van der Waals surface area contributed by atoms with E-state index in [0.29, 0.717) is 0 Å². The molecular formula is C23H30N6Pt. The molecule has 0 saturated carbocycles. The Kier molecular flexibility index (Phi) is 7.35. The molecule has 0 bridgehead atoms. The first-order valence-corrected chi connectivity index (χ1v) is 9.78. The van der Waals surface area contributed by atoms with Gasteiger partial charge in [-0.1, -0.05) is 70.3 Å². The summed E-state index contributed by atoms with van der Waals surface area (Å²) >= 11 is 0. The first-order valence-electron chi connectivity index (χ1n) is 9.78. The van der Waals surface area contributed by atoms with E-state index < -0.39 is 0 Å². The minimum Gasteiger partial charge on any atom is -0.661 e. The van der Waals surface area contributed by atoms with Crippen molar-refractivity contribution in [1.82, 2.24) is 29.1 Å². The third kappa shape index (κ3) is 4.86. The van der Waals surface area contributed by atoms with E-state index in [2.05, 4.69) is 61.7 Å². The van der Waals surface area contributed by atoms with Crippen LogP contribution in [0.1, 0.15) is 40.3 Å². The van der Waals surface area contributed by atoms with Crippen LogP contribution in [0, 0.1) is 5.41 Å². The van der Waals surface area contributed by atoms with Gasteiger partial charge in [-0.15, -0.1) is 0 Å². The second-order valence-corrected chi connectivity index (χ2v) is 8.84. The third-order valence-corrected chi connectivity index (χ3v) is 5.81. The second kappa shape index (κ2) is 9.21. The number of aryl methyl sites for hydroxylation is 2. The normalized spacial score (nSPS) is 11.6. The predicted octanol–water partition coefficient (Wildman–Crippen LogP) is 4.41. The first kappa shape index (κ1) is 23.9. The summed E-state index contributed by atoms with van der Waals surface area (Å²) in [6.07, 6.45) is 9.19. The van der Waals surface area contributed by atoms with Crippen LogP contribution >= 0.6 is 0 Å². The van der Waals surface area contributed by atoms with Gasteiger partial charge in [0.05, 0.1) is 0 Å². The van der Waals surface area contributed by atoms with Gasteiger partial charge in [0.15, 0.2) is 0 Å². The Balaban J connectivity index is 0.000000229. The van der Waals surface area contributed by atoms with Gasteiger partial charge < -0.3 is 19.1 Å². The van der Waals surface area contributed by atoms with E-state index in [9.17, 15) is 0 Å². The van der Waals surface area contributed by atoms with Crippen molar-refractivity contribution in [3.8, 4) is 23.0 Å². The Morgan fingerprint density at radius 3 is 1.80 bits per heavy atom. The van der Waals surface area contributed by atoms with Crippen molar-refractivity contribution >= 4 is 0 Å². The van der Waals surface area contributed by atoms with E-state index in [4.69, 9.17) is 4.98 Å². The van der Waals surface area contributed by atoms with E-state index in [0.717, 1.165) is 28.7 Å². The molecule has 0 aliphatic rings. The molecule has 0 radical (unpaired) electrons. The fourth-order valence-corrected chi connectivity index (χ4v) is 2.88. The van der Waals surface area contributed by atoms with E-state index in [1.807, 2.05) is 47.8 Å². The SMILES string of the molecule is Cn1ccnc1-c1ccc(C(C)(C)C(C)(C)C)[n-]1.Cn1ccnc1-c1ccc[n-]1.[Pt+2]. The first-order chi connectivity index (χ1) is 13.6. The van der Waals surface area contributed by atoms with Gasteiger partial charge in [0.1, 0.15) is 11.6 Å². The topological polar surface area (TPSA) is 63.8 Å². The molecule has 30 heavy (non-hydrogen) atoms. The van der Waals surface area contributed by atoms with Crippen molar-refractivity contribution in [3.05, 3.63) is 60.9 Å². The molecule has 0 saturated heterocycles. The minimum atomic E-state index is 0. The fourth-order valence-electron chi connectivity index (χ4n) is 2.88. The van der Waals surface area contributed by atoms with Crippen LogP contribution in [0.2, 0.25) is 0 Å². The molecule has 0 aliphatic heterocycles. The van der Waals surface area contributed by atoms with Gasteiger partial charge in [-0.05, 0) is 10.8 Å². The van der Waals surface area contributed by atoms with Crippen molar-refractivity contribution in [2.24, 2.45) is 19.5 Å². The summed E-state index contributed by atoms with van der Waals surface area (Å²) in [6.45, 7) is 11.3. The molecule has 0 spiro atoms. The molecule has 0 aliphatic carbocycles. The number of imidazole rings is 2. The molecular weight excluding hydrogens is 555 g/mol. The molecule has 4 aromatic heterocycles. The number of hydrogen-bond donors (Lipinski definition) is 0. The average Bonchev–Trinajstić information content (AvgIpc) is 3.41. The zero-order valence-corrected chi connectivity index (χ0v) is 21.0. The number of aromatic nitrogens is 6. The Labute approximate surface area is 193 Å². The quantitative estimate of drug-likeness (QED) is 0.358. The van der Waals surface area contributed by atoms with Gasteiger partial charge in [-0.3, -0.25) is 0 Å². The van der Waals surface area contributed by atoms with Gasteiger partial charge >= 0.3 is 21.1 Å². The van der Waals surface area contributed by atoms with Crippen molar-refractivity contribution in [3.63, 3.8) is 0 Å². The Morgan fingerprint density at radius 1 is 0.800 bits per heavy atom. The summed E-state index contributed by atoms with van der Waals surface area (Å²) in [5.41, 5.74) is 3.23. The summed E-state index contributed by atoms with van der Waals surface area (Å²) in [7, 11) is 3.95. The van der Waals surface area contributed by atoms with Crippen LogP contribution in [-0.2, 0) is 40.6 Å². The van der Waals surface area contributed by atoms with Crippen LogP contribution < -0.4 is 9.97 Å². The smallest absolute Gasteiger partial charge is 0.661 e. The average molecular weight is 586 g/mol. The van der Waals surface area contributed by atoms with Crippen molar-refractivity contribution in [2.45, 2.75) is 40.0 Å². The molecule has 4 rings (SSSR count). The van der Waals surface area contributed by atoms with Gasteiger partial charge in [-0.25, -0.2) is 9.97 Å². The van der Waals surface area contributed by atoms with Gasteiger partial charge in [-0.2, -0.15) is 11.9 Å². The zero-order valence-electron chi connectivity index (χ0n) is 18.7. The van der Waals surface area contributed by atoms with E-state index >= 15 is 0 Å². The second-order valence-electron chi connectivity index (χ2n) is 8.84. The van der Waals surface area contributed by atoms with Crippen LogP contribution in [0.5, 0.6) is 0 Å². The molecule has 0 amide bonds. The predicted molar refractivity (Wildman–Crippen MR) is 116 cm³/mol. The Hall–Kier alpha value is -2.33. The largest absolute Gasteiger partial charge is 2.00 e. The van der Waals surface area contributed by atoms with Crippen LogP contribution in [-0.4, -0.2) is 19.1 Å². The molecule has 7 heteroatoms. The van der Waals surface area contributed by atoms with E-state index in [1.54, 1.807) is 18.6 Å². The number of nitrogens with zero attached hydrogens (tertiary/aromatic N) is 6. The summed E-state index contributed by atoms with van der Waals surface area (Å²) in [5.74, 6) is 1.83. The van der Waals surface area contributed by atoms with E-state index in [1.165, 1.54) is 0 Å². The van der Waals surface area contributed by atoms with Crippen molar-refractivity contribution < 1.29 is 21.1 Å². The summed E-state index contributed by atoms with van der Waals surface area (Å²) < 4.78 is 3.94. The molecule has 0 atom stereocenters. The van der Waals surface area contributed by atoms with Crippen molar-refractivity contribution in [2.75, 3.05) is 0 Å². The number of hydrogen-bond acceptors (Lipinski definition) is 2. The maximum absolute atomic E-state index is 4.77. The maximum atomic E-state index is 4.77. The number of rotatable bonds is 3. The summed E-state index contributed by atoms with van der Waals surface area (Å²) in [6, 6.07) is 8.03. The van der Waals surface area contributed by atoms with Crippen LogP contribution in [0.3, 0.4) is 0 Å². The van der Waals surface area contributed by atoms with Crippen molar-refractivity contribution in [1.29, 1.82) is 0 Å². The van der Waals surface area contributed by atoms with Gasteiger partial charge in [0, 0.05) is 38.9 Å². The molecule has 0 N–H and O–H groups in total. The molecule has 6 nitrogen and oxygen atoms in total. The molecule has 0 fully saturated rings. The van der Waals surface area contributed by atoms with E-state index in [-0.39, 0.29) is 31.9 Å². The summed E-state index contributed by atoms with van der Waals surface area (Å²) in [4.78, 5) is 17.4. The summed E-state index contributed by atoms with van der Waals surface area (Å²) in [5, 5.41) is 0. The third-order valence-electron chi connectivity index (χ3n) is 5.81. The standard InChI is InChI=1S/C15H22N3.C8H8N3.Pt/c1-14(2,3)15(4,5)12-8-7-11(17-12)13-16-9-10-18(13)6;1-11-6-5-10-8(11)7-3-2-4-9-7;/h7-10H,1-6H3;2-6H,1H3;/q2*-1;+2. The van der Waals surface area contributed by atoms with Crippen LogP contribution in [0.4, 0.5) is 0 Å². The minimum absolute atomic E-state index is 0. The molecule has 162 valence electrons. The fraction of sp³-hybridized carbons (Fsp3) is 0.391. The van der Waals surface area contributed by atoms with Crippen LogP contribution in [0.25, 0.3) is 23.0 Å². The monoisotopic (exact) mass is 585 g/mol. The van der Waals surface area contributed by atoms with Gasteiger partial charge in [0.25, 0.3) is 0 Å². The molecule has 0 unspecified atom stereocenters. The van der Waals surface area contributed by atoms with Gasteiger partial charge in [0.2, 0.25) is 0 Å². The molecule has 4 heterocycles. The molecule has 0 aromatic carbocycles. The maximum Gasteiger partial charge on any atom is 2.00 e. The Morgan fingerprint density at radius 2 is 1.37 bits per heavy atom. The Bertz CT molecular complexity index is 1040. The van der Waals surface area contributed by atoms with Crippen LogP contribution in [0.15, 0.2) is 55.2 Å².